The minimum absolute atomic E-state index is 0.0147. The molecule has 6 nitrogen and oxygen atoms in total. The normalized spacial score (nSPS) is 10.6. The van der Waals surface area contributed by atoms with Crippen LogP contribution in [0.25, 0.3) is 10.9 Å². The molecule has 0 fully saturated rings. The Morgan fingerprint density at radius 3 is 2.69 bits per heavy atom. The van der Waals surface area contributed by atoms with Gasteiger partial charge in [-0.25, -0.2) is 0 Å². The van der Waals surface area contributed by atoms with Crippen LogP contribution in [0.5, 0.6) is 5.75 Å². The van der Waals surface area contributed by atoms with Crippen molar-refractivity contribution < 1.29 is 14.3 Å². The van der Waals surface area contributed by atoms with Crippen molar-refractivity contribution in [1.82, 2.24) is 9.88 Å². The van der Waals surface area contributed by atoms with Crippen LogP contribution in [0.15, 0.2) is 54.7 Å². The number of ether oxygens (including phenoxy) is 1. The zero-order valence-corrected chi connectivity index (χ0v) is 17.1. The molecule has 0 aliphatic rings. The number of carbonyl (C=O) groups excluding carboxylic acids is 2. The zero-order valence-electron chi connectivity index (χ0n) is 16.3. The highest BCUT2D eigenvalue weighted by Gasteiger charge is 2.13. The van der Waals surface area contributed by atoms with Crippen molar-refractivity contribution >= 4 is 40.0 Å². The summed E-state index contributed by atoms with van der Waals surface area (Å²) in [4.78, 5) is 30.2. The van der Waals surface area contributed by atoms with Gasteiger partial charge in [0.1, 0.15) is 11.3 Å². The molecule has 2 amide bonds. The molecule has 29 heavy (non-hydrogen) atoms. The maximum absolute atomic E-state index is 12.5. The molecule has 0 saturated heterocycles. The number of hydrogen-bond donors (Lipinski definition) is 1. The van der Waals surface area contributed by atoms with E-state index >= 15 is 0 Å². The number of aromatic nitrogens is 1. The fourth-order valence-electron chi connectivity index (χ4n) is 2.99. The smallest absolute Gasteiger partial charge is 0.262 e. The molecule has 0 saturated carbocycles. The maximum Gasteiger partial charge on any atom is 0.262 e. The minimum atomic E-state index is -0.303. The number of anilines is 1. The third kappa shape index (κ3) is 5.03. The van der Waals surface area contributed by atoms with Crippen LogP contribution >= 0.6 is 11.6 Å². The number of rotatable bonds is 7. The van der Waals surface area contributed by atoms with Crippen LogP contribution in [0, 0.1) is 0 Å². The molecule has 1 aromatic heterocycles. The summed E-state index contributed by atoms with van der Waals surface area (Å²) in [6.07, 6.45) is 1.65. The topological polar surface area (TPSA) is 71.5 Å². The van der Waals surface area contributed by atoms with Gasteiger partial charge in [-0.1, -0.05) is 29.8 Å². The summed E-state index contributed by atoms with van der Waals surface area (Å²) in [5, 5.41) is 4.20. The molecule has 0 radical (unpaired) electrons. The van der Waals surface area contributed by atoms with Gasteiger partial charge in [-0.3, -0.25) is 14.6 Å². The number of fused-ring (bicyclic) bond motifs is 1. The molecule has 0 aliphatic heterocycles. The minimum Gasteiger partial charge on any atom is -0.481 e. The lowest BCUT2D eigenvalue weighted by atomic mass is 10.1. The van der Waals surface area contributed by atoms with Gasteiger partial charge in [0.15, 0.2) is 6.61 Å². The van der Waals surface area contributed by atoms with Crippen LogP contribution in [0.4, 0.5) is 5.69 Å². The average Bonchev–Trinajstić information content (AvgIpc) is 2.72. The molecule has 3 rings (SSSR count). The van der Waals surface area contributed by atoms with Crippen molar-refractivity contribution in [2.45, 2.75) is 20.4 Å². The van der Waals surface area contributed by atoms with E-state index in [1.165, 1.54) is 6.92 Å². The number of carbonyl (C=O) groups is 2. The van der Waals surface area contributed by atoms with Crippen LogP contribution in [-0.2, 0) is 16.1 Å². The number of pyridine rings is 1. The monoisotopic (exact) mass is 411 g/mol. The molecule has 1 N–H and O–H groups in total. The number of benzene rings is 2. The lowest BCUT2D eigenvalue weighted by Gasteiger charge is -2.21. The predicted octanol–water partition coefficient (Wildman–Crippen LogP) is 4.27. The van der Waals surface area contributed by atoms with Crippen molar-refractivity contribution in [2.75, 3.05) is 18.5 Å². The summed E-state index contributed by atoms with van der Waals surface area (Å²) >= 11 is 6.19. The largest absolute Gasteiger partial charge is 0.481 e. The zero-order chi connectivity index (χ0) is 20.8. The van der Waals surface area contributed by atoms with E-state index in [0.717, 1.165) is 10.9 Å². The summed E-state index contributed by atoms with van der Waals surface area (Å²) in [5.74, 6) is 0.170. The van der Waals surface area contributed by atoms with Crippen molar-refractivity contribution in [3.05, 3.63) is 65.3 Å². The molecule has 0 aliphatic carbocycles. The second-order valence-corrected chi connectivity index (χ2v) is 6.88. The standard InChI is InChI=1S/C22H22ClN3O3/c1-3-26(15(2)27)13-16-7-4-5-9-19(16)25-21(28)14-29-20-11-10-18(23)17-8-6-12-24-22(17)20/h4-12H,3,13-14H2,1-2H3,(H,25,28). The molecule has 0 atom stereocenters. The van der Waals surface area contributed by atoms with Gasteiger partial charge in [0.05, 0.1) is 5.02 Å². The quantitative estimate of drug-likeness (QED) is 0.630. The second kappa shape index (κ2) is 9.39. The molecule has 0 spiro atoms. The van der Waals surface area contributed by atoms with Gasteiger partial charge in [-0.05, 0) is 42.8 Å². The molecule has 1 heterocycles. The van der Waals surface area contributed by atoms with E-state index in [1.54, 1.807) is 35.4 Å². The van der Waals surface area contributed by atoms with Gasteiger partial charge < -0.3 is 15.0 Å². The third-order valence-electron chi connectivity index (χ3n) is 4.52. The average molecular weight is 412 g/mol. The van der Waals surface area contributed by atoms with Gasteiger partial charge in [0.2, 0.25) is 5.91 Å². The number of nitrogens with one attached hydrogen (secondary N) is 1. The van der Waals surface area contributed by atoms with Crippen LogP contribution in [0.3, 0.4) is 0 Å². The Labute approximate surface area is 174 Å². The van der Waals surface area contributed by atoms with Crippen LogP contribution < -0.4 is 10.1 Å². The Hall–Kier alpha value is -3.12. The fourth-order valence-corrected chi connectivity index (χ4v) is 3.21. The highest BCUT2D eigenvalue weighted by atomic mass is 35.5. The van der Waals surface area contributed by atoms with Gasteiger partial charge in [0, 0.05) is 37.3 Å². The summed E-state index contributed by atoms with van der Waals surface area (Å²) in [6, 6.07) is 14.5. The predicted molar refractivity (Wildman–Crippen MR) is 114 cm³/mol. The highest BCUT2D eigenvalue weighted by Crippen LogP contribution is 2.29. The summed E-state index contributed by atoms with van der Waals surface area (Å²) in [7, 11) is 0. The lowest BCUT2D eigenvalue weighted by molar-refractivity contribution is -0.129. The Balaban J connectivity index is 1.70. The fraction of sp³-hybridized carbons (Fsp3) is 0.227. The van der Waals surface area contributed by atoms with Crippen molar-refractivity contribution in [3.63, 3.8) is 0 Å². The van der Waals surface area contributed by atoms with Gasteiger partial charge in [-0.15, -0.1) is 0 Å². The number of nitrogens with zero attached hydrogens (tertiary/aromatic N) is 2. The van der Waals surface area contributed by atoms with Crippen molar-refractivity contribution in [2.24, 2.45) is 0 Å². The van der Waals surface area contributed by atoms with Gasteiger partial charge in [-0.2, -0.15) is 0 Å². The molecule has 150 valence electrons. The summed E-state index contributed by atoms with van der Waals surface area (Å²) in [5.41, 5.74) is 2.12. The van der Waals surface area contributed by atoms with Crippen molar-refractivity contribution in [3.8, 4) is 5.75 Å². The highest BCUT2D eigenvalue weighted by molar-refractivity contribution is 6.35. The van der Waals surface area contributed by atoms with Crippen LogP contribution in [0.2, 0.25) is 5.02 Å². The van der Waals surface area contributed by atoms with Gasteiger partial charge in [0.25, 0.3) is 5.91 Å². The van der Waals surface area contributed by atoms with Gasteiger partial charge >= 0.3 is 0 Å². The Morgan fingerprint density at radius 1 is 1.14 bits per heavy atom. The van der Waals surface area contributed by atoms with Crippen molar-refractivity contribution in [1.29, 1.82) is 0 Å². The van der Waals surface area contributed by atoms with E-state index in [2.05, 4.69) is 10.3 Å². The third-order valence-corrected chi connectivity index (χ3v) is 4.85. The Bertz CT molecular complexity index is 1040. The van der Waals surface area contributed by atoms with E-state index in [0.29, 0.717) is 35.1 Å². The van der Waals surface area contributed by atoms with E-state index < -0.39 is 0 Å². The first kappa shape index (κ1) is 20.6. The number of halogens is 1. The number of amides is 2. The summed E-state index contributed by atoms with van der Waals surface area (Å²) in [6.45, 7) is 4.29. The Morgan fingerprint density at radius 2 is 1.93 bits per heavy atom. The lowest BCUT2D eigenvalue weighted by Crippen LogP contribution is -2.28. The maximum atomic E-state index is 12.5. The molecule has 2 aromatic carbocycles. The number of hydrogen-bond acceptors (Lipinski definition) is 4. The summed E-state index contributed by atoms with van der Waals surface area (Å²) < 4.78 is 5.69. The SMILES string of the molecule is CCN(Cc1ccccc1NC(=O)COc1ccc(Cl)c2cccnc12)C(C)=O. The molecule has 7 heteroatoms. The molecule has 0 unspecified atom stereocenters. The first-order valence-electron chi connectivity index (χ1n) is 9.29. The van der Waals surface area contributed by atoms with Crippen LogP contribution in [0.1, 0.15) is 19.4 Å². The van der Waals surface area contributed by atoms with E-state index in [9.17, 15) is 9.59 Å². The Kier molecular flexibility index (Phi) is 6.67. The van der Waals surface area contributed by atoms with E-state index in [-0.39, 0.29) is 18.4 Å². The molecule has 3 aromatic rings. The molecular weight excluding hydrogens is 390 g/mol. The first-order chi connectivity index (χ1) is 14.0. The van der Waals surface area contributed by atoms with E-state index in [4.69, 9.17) is 16.3 Å². The van der Waals surface area contributed by atoms with Crippen LogP contribution in [-0.4, -0.2) is 34.8 Å². The van der Waals surface area contributed by atoms with E-state index in [1.807, 2.05) is 31.2 Å². The second-order valence-electron chi connectivity index (χ2n) is 6.47. The first-order valence-corrected chi connectivity index (χ1v) is 9.66. The number of para-hydroxylation sites is 1. The molecular formula is C22H22ClN3O3. The molecule has 0 bridgehead atoms.